The molecule has 1 heterocycles. The molecule has 0 saturated heterocycles. The van der Waals surface area contributed by atoms with E-state index in [0.29, 0.717) is 16.3 Å². The van der Waals surface area contributed by atoms with Gasteiger partial charge in [-0.2, -0.15) is 0 Å². The number of hydrogen-bond donors (Lipinski definition) is 0. The lowest BCUT2D eigenvalue weighted by Gasteiger charge is -1.91. The molecule has 0 radical (unpaired) electrons. The molecule has 1 aromatic carbocycles. The molecule has 2 rings (SSSR count). The van der Waals surface area contributed by atoms with Gasteiger partial charge in [0.05, 0.1) is 5.56 Å². The van der Waals surface area contributed by atoms with Crippen LogP contribution in [0.3, 0.4) is 0 Å². The van der Waals surface area contributed by atoms with E-state index in [9.17, 15) is 4.79 Å². The second-order valence-corrected chi connectivity index (χ2v) is 2.60. The van der Waals surface area contributed by atoms with E-state index >= 15 is 0 Å². The summed E-state index contributed by atoms with van der Waals surface area (Å²) in [6.45, 7) is 0. The van der Waals surface area contributed by atoms with Gasteiger partial charge in [-0.1, -0.05) is 11.6 Å². The van der Waals surface area contributed by atoms with Crippen molar-refractivity contribution in [2.75, 3.05) is 0 Å². The number of azo groups is 1. The molecule has 3 nitrogen and oxygen atoms in total. The molecule has 0 bridgehead atoms. The Morgan fingerprint density at radius 1 is 1.27 bits per heavy atom. The van der Waals surface area contributed by atoms with Crippen LogP contribution in [-0.2, 0) is 0 Å². The summed E-state index contributed by atoms with van der Waals surface area (Å²) in [5.74, 6) is -0.295. The predicted octanol–water partition coefficient (Wildman–Crippen LogP) is 2.58. The third-order valence-electron chi connectivity index (χ3n) is 1.44. The molecule has 0 unspecified atom stereocenters. The summed E-state index contributed by atoms with van der Waals surface area (Å²) >= 11 is 5.66. The summed E-state index contributed by atoms with van der Waals surface area (Å²) in [5.41, 5.74) is 1.08. The number of halogens is 1. The Kier molecular flexibility index (Phi) is 1.26. The van der Waals surface area contributed by atoms with Crippen LogP contribution in [0.2, 0.25) is 5.02 Å². The van der Waals surface area contributed by atoms with Gasteiger partial charge in [-0.25, -0.2) is 0 Å². The fourth-order valence-corrected chi connectivity index (χ4v) is 1.09. The molecule has 54 valence electrons. The van der Waals surface area contributed by atoms with E-state index in [1.165, 1.54) is 0 Å². The highest BCUT2D eigenvalue weighted by molar-refractivity contribution is 6.31. The third-order valence-corrected chi connectivity index (χ3v) is 1.67. The molecule has 0 spiro atoms. The smallest absolute Gasteiger partial charge is 0.265 e. The van der Waals surface area contributed by atoms with Crippen molar-refractivity contribution in [2.45, 2.75) is 0 Å². The minimum atomic E-state index is -0.295. The maximum Gasteiger partial charge on any atom is 0.297 e. The Labute approximate surface area is 67.7 Å². The third kappa shape index (κ3) is 0.935. The Hall–Kier alpha value is -1.22. The van der Waals surface area contributed by atoms with Gasteiger partial charge in [0.15, 0.2) is 0 Å². The molecule has 1 aromatic rings. The molecule has 0 fully saturated rings. The van der Waals surface area contributed by atoms with Gasteiger partial charge < -0.3 is 0 Å². The number of carbonyl (C=O) groups is 1. The van der Waals surface area contributed by atoms with E-state index in [2.05, 4.69) is 10.2 Å². The summed E-state index contributed by atoms with van der Waals surface area (Å²) < 4.78 is 0. The molecule has 0 saturated carbocycles. The summed E-state index contributed by atoms with van der Waals surface area (Å²) in [7, 11) is 0. The zero-order valence-corrected chi connectivity index (χ0v) is 6.17. The van der Waals surface area contributed by atoms with Gasteiger partial charge in [0.1, 0.15) is 5.69 Å². The Morgan fingerprint density at radius 3 is 2.91 bits per heavy atom. The van der Waals surface area contributed by atoms with Crippen LogP contribution >= 0.6 is 11.6 Å². The second-order valence-electron chi connectivity index (χ2n) is 2.17. The van der Waals surface area contributed by atoms with Crippen LogP contribution in [0.4, 0.5) is 5.69 Å². The van der Waals surface area contributed by atoms with Gasteiger partial charge in [0, 0.05) is 5.02 Å². The molecule has 0 aliphatic carbocycles. The second kappa shape index (κ2) is 2.13. The number of nitrogens with zero attached hydrogens (tertiary/aromatic N) is 2. The van der Waals surface area contributed by atoms with Crippen molar-refractivity contribution in [1.29, 1.82) is 0 Å². The summed E-state index contributed by atoms with van der Waals surface area (Å²) in [5, 5.41) is 7.57. The molecule has 1 aliphatic rings. The van der Waals surface area contributed by atoms with Crippen molar-refractivity contribution in [3.05, 3.63) is 28.8 Å². The summed E-state index contributed by atoms with van der Waals surface area (Å²) in [6.07, 6.45) is 0. The van der Waals surface area contributed by atoms with Crippen LogP contribution < -0.4 is 0 Å². The predicted molar refractivity (Wildman–Crippen MR) is 40.3 cm³/mol. The maximum absolute atomic E-state index is 10.9. The molecular weight excluding hydrogens is 164 g/mol. The molecule has 4 heteroatoms. The monoisotopic (exact) mass is 166 g/mol. The first-order valence-corrected chi connectivity index (χ1v) is 3.41. The minimum Gasteiger partial charge on any atom is -0.265 e. The topological polar surface area (TPSA) is 41.8 Å². The van der Waals surface area contributed by atoms with Crippen LogP contribution in [0, 0.1) is 0 Å². The molecule has 11 heavy (non-hydrogen) atoms. The fourth-order valence-electron chi connectivity index (χ4n) is 0.922. The van der Waals surface area contributed by atoms with Crippen molar-refractivity contribution in [2.24, 2.45) is 10.2 Å². The largest absolute Gasteiger partial charge is 0.297 e. The molecule has 1 amide bonds. The lowest BCUT2D eigenvalue weighted by atomic mass is 10.2. The van der Waals surface area contributed by atoms with Crippen LogP contribution in [0.1, 0.15) is 10.4 Å². The first-order valence-electron chi connectivity index (χ1n) is 3.03. The van der Waals surface area contributed by atoms with E-state index in [0.717, 1.165) is 0 Å². The molecule has 0 N–H and O–H groups in total. The average molecular weight is 167 g/mol. The standard InChI is InChI=1S/C7H3ClN2O/c8-4-1-2-5-6(3-4)9-10-7(5)11/h1-3H. The first kappa shape index (κ1) is 6.49. The fraction of sp³-hybridized carbons (Fsp3) is 0. The molecular formula is C7H3ClN2O. The minimum absolute atomic E-state index is 0.295. The van der Waals surface area contributed by atoms with Crippen LogP contribution in [0.25, 0.3) is 0 Å². The molecule has 0 aromatic heterocycles. The maximum atomic E-state index is 10.9. The number of fused-ring (bicyclic) bond motifs is 1. The highest BCUT2D eigenvalue weighted by Gasteiger charge is 2.16. The van der Waals surface area contributed by atoms with E-state index < -0.39 is 0 Å². The van der Waals surface area contributed by atoms with Crippen LogP contribution in [0.15, 0.2) is 28.4 Å². The van der Waals surface area contributed by atoms with Crippen molar-refractivity contribution in [3.8, 4) is 0 Å². The first-order chi connectivity index (χ1) is 5.27. The van der Waals surface area contributed by atoms with Gasteiger partial charge in [-0.3, -0.25) is 4.79 Å². The van der Waals surface area contributed by atoms with Gasteiger partial charge in [-0.15, -0.1) is 10.2 Å². The number of carbonyl (C=O) groups excluding carboxylic acids is 1. The summed E-state index contributed by atoms with van der Waals surface area (Å²) in [6, 6.07) is 4.89. The Balaban J connectivity index is 2.66. The van der Waals surface area contributed by atoms with Crippen LogP contribution in [0.5, 0.6) is 0 Å². The number of rotatable bonds is 0. The van der Waals surface area contributed by atoms with Crippen LogP contribution in [-0.4, -0.2) is 5.91 Å². The van der Waals surface area contributed by atoms with Crippen molar-refractivity contribution >= 4 is 23.2 Å². The number of benzene rings is 1. The van der Waals surface area contributed by atoms with E-state index in [-0.39, 0.29) is 5.91 Å². The zero-order valence-electron chi connectivity index (χ0n) is 5.41. The van der Waals surface area contributed by atoms with Crippen molar-refractivity contribution in [3.63, 3.8) is 0 Å². The lowest BCUT2D eigenvalue weighted by Crippen LogP contribution is -1.86. The quantitative estimate of drug-likeness (QED) is 0.584. The molecule has 0 atom stereocenters. The SMILES string of the molecule is O=C1N=Nc2cc(Cl)ccc21. The highest BCUT2D eigenvalue weighted by Crippen LogP contribution is 2.29. The molecule has 1 aliphatic heterocycles. The van der Waals surface area contributed by atoms with Crippen molar-refractivity contribution < 1.29 is 4.79 Å². The average Bonchev–Trinajstić information content (AvgIpc) is 2.32. The lowest BCUT2D eigenvalue weighted by molar-refractivity contribution is 0.100. The highest BCUT2D eigenvalue weighted by atomic mass is 35.5. The van der Waals surface area contributed by atoms with Gasteiger partial charge in [0.2, 0.25) is 0 Å². The normalized spacial score (nSPS) is 13.7. The zero-order chi connectivity index (χ0) is 7.84. The van der Waals surface area contributed by atoms with E-state index in [4.69, 9.17) is 11.6 Å². The van der Waals surface area contributed by atoms with Crippen molar-refractivity contribution in [1.82, 2.24) is 0 Å². The number of amides is 1. The Morgan fingerprint density at radius 2 is 2.09 bits per heavy atom. The van der Waals surface area contributed by atoms with Gasteiger partial charge in [-0.05, 0) is 18.2 Å². The number of hydrogen-bond acceptors (Lipinski definition) is 2. The summed E-state index contributed by atoms with van der Waals surface area (Å²) in [4.78, 5) is 10.9. The van der Waals surface area contributed by atoms with Gasteiger partial charge in [0.25, 0.3) is 5.91 Å². The Bertz CT molecular complexity index is 359. The van der Waals surface area contributed by atoms with E-state index in [1.54, 1.807) is 18.2 Å². The van der Waals surface area contributed by atoms with Gasteiger partial charge >= 0.3 is 0 Å². The van der Waals surface area contributed by atoms with E-state index in [1.807, 2.05) is 0 Å².